The Morgan fingerprint density at radius 2 is 2.00 bits per heavy atom. The zero-order valence-electron chi connectivity index (χ0n) is 20.2. The number of rotatable bonds is 6. The van der Waals surface area contributed by atoms with E-state index >= 15 is 0 Å². The second-order valence-corrected chi connectivity index (χ2v) is 9.72. The van der Waals surface area contributed by atoms with Crippen LogP contribution in [0.5, 0.6) is 0 Å². The van der Waals surface area contributed by atoms with E-state index in [1.165, 1.54) is 27.9 Å². The monoisotopic (exact) mass is 447 g/mol. The minimum Gasteiger partial charge on any atom is -0.389 e. The summed E-state index contributed by atoms with van der Waals surface area (Å²) in [6.07, 6.45) is 7.16. The van der Waals surface area contributed by atoms with E-state index in [4.69, 9.17) is 15.8 Å². The molecule has 1 aromatic carbocycles. The van der Waals surface area contributed by atoms with Crippen LogP contribution in [0.2, 0.25) is 0 Å². The molecule has 0 atom stereocenters. The van der Waals surface area contributed by atoms with Gasteiger partial charge in [0.1, 0.15) is 12.7 Å². The van der Waals surface area contributed by atoms with Gasteiger partial charge < -0.3 is 4.84 Å². The highest BCUT2D eigenvalue weighted by Crippen LogP contribution is 2.36. The van der Waals surface area contributed by atoms with Crippen molar-refractivity contribution < 1.29 is 4.84 Å². The molecule has 2 N–H and O–H groups in total. The predicted molar refractivity (Wildman–Crippen MR) is 129 cm³/mol. The molecule has 0 fully saturated rings. The van der Waals surface area contributed by atoms with Crippen molar-refractivity contribution >= 4 is 11.6 Å². The highest BCUT2D eigenvalue weighted by atomic mass is 16.6. The van der Waals surface area contributed by atoms with Crippen LogP contribution >= 0.6 is 0 Å². The van der Waals surface area contributed by atoms with Crippen molar-refractivity contribution in [2.45, 2.75) is 59.9 Å². The minimum atomic E-state index is 0.257. The number of aromatic nitrogens is 5. The molecule has 0 amide bonds. The van der Waals surface area contributed by atoms with Crippen molar-refractivity contribution in [2.75, 3.05) is 0 Å². The van der Waals surface area contributed by atoms with Crippen LogP contribution in [0, 0.1) is 19.3 Å². The van der Waals surface area contributed by atoms with Gasteiger partial charge in [-0.2, -0.15) is 16.1 Å². The lowest BCUT2D eigenvalue weighted by atomic mass is 9.76. The summed E-state index contributed by atoms with van der Waals surface area (Å²) in [6.45, 7) is 13.8. The maximum Gasteiger partial charge on any atom is 0.266 e. The quantitative estimate of drug-likeness (QED) is 0.353. The van der Waals surface area contributed by atoms with Gasteiger partial charge in [-0.05, 0) is 73.8 Å². The van der Waals surface area contributed by atoms with Gasteiger partial charge in [0, 0.05) is 30.4 Å². The molecule has 1 aliphatic carbocycles. The smallest absolute Gasteiger partial charge is 0.266 e. The van der Waals surface area contributed by atoms with Gasteiger partial charge in [-0.1, -0.05) is 20.4 Å². The van der Waals surface area contributed by atoms with Crippen LogP contribution in [0.3, 0.4) is 0 Å². The van der Waals surface area contributed by atoms with Gasteiger partial charge in [-0.15, -0.1) is 0 Å². The lowest BCUT2D eigenvalue weighted by molar-refractivity contribution is 0.305. The number of nitrogens with two attached hydrogens (primary N) is 1. The van der Waals surface area contributed by atoms with E-state index in [-0.39, 0.29) is 5.41 Å². The molecule has 0 aliphatic heterocycles. The third kappa shape index (κ3) is 4.75. The first-order valence-electron chi connectivity index (χ1n) is 11.3. The third-order valence-electron chi connectivity index (χ3n) is 6.61. The summed E-state index contributed by atoms with van der Waals surface area (Å²) < 4.78 is 3.77. The summed E-state index contributed by atoms with van der Waals surface area (Å²) in [4.78, 5) is 13.9. The molecule has 174 valence electrons. The van der Waals surface area contributed by atoms with Crippen LogP contribution in [-0.2, 0) is 37.7 Å². The zero-order chi connectivity index (χ0) is 23.8. The lowest BCUT2D eigenvalue weighted by Crippen LogP contribution is -2.24. The van der Waals surface area contributed by atoms with Gasteiger partial charge in [-0.3, -0.25) is 9.36 Å². The van der Waals surface area contributed by atoms with E-state index in [9.17, 15) is 0 Å². The Morgan fingerprint density at radius 1 is 1.27 bits per heavy atom. The molecule has 0 saturated carbocycles. The van der Waals surface area contributed by atoms with Crippen molar-refractivity contribution in [1.29, 1.82) is 0 Å². The van der Waals surface area contributed by atoms with Gasteiger partial charge in [0.15, 0.2) is 5.69 Å². The Balaban J connectivity index is 1.59. The second-order valence-electron chi connectivity index (χ2n) is 9.72. The molecular formula is C25H33N7O. The number of nitrogens with zero attached hydrogens (tertiary/aromatic N) is 6. The highest BCUT2D eigenvalue weighted by molar-refractivity contribution is 5.97. The fraction of sp³-hybridized carbons (Fsp3) is 0.440. The van der Waals surface area contributed by atoms with Crippen molar-refractivity contribution in [1.82, 2.24) is 24.5 Å². The van der Waals surface area contributed by atoms with E-state index in [1.54, 1.807) is 12.7 Å². The Bertz CT molecular complexity index is 1180. The number of hydrogen-bond acceptors (Lipinski definition) is 6. The topological polar surface area (TPSA) is 96.1 Å². The normalized spacial score (nSPS) is 15.4. The number of fused-ring (bicyclic) bond motifs is 1. The molecule has 0 radical (unpaired) electrons. The third-order valence-corrected chi connectivity index (χ3v) is 6.61. The summed E-state index contributed by atoms with van der Waals surface area (Å²) in [7, 11) is 1.97. The predicted octanol–water partition coefficient (Wildman–Crippen LogP) is 3.69. The molecule has 0 bridgehead atoms. The van der Waals surface area contributed by atoms with Crippen molar-refractivity contribution in [2.24, 2.45) is 23.4 Å². The van der Waals surface area contributed by atoms with Crippen LogP contribution in [-0.4, -0.2) is 30.4 Å². The first-order chi connectivity index (χ1) is 15.7. The number of aryl methyl sites for hydroxylation is 4. The van der Waals surface area contributed by atoms with E-state index in [1.807, 2.05) is 16.4 Å². The van der Waals surface area contributed by atoms with Crippen molar-refractivity contribution in [3.63, 3.8) is 0 Å². The van der Waals surface area contributed by atoms with E-state index < -0.39 is 0 Å². The fourth-order valence-corrected chi connectivity index (χ4v) is 4.71. The molecule has 4 rings (SSSR count). The van der Waals surface area contributed by atoms with Gasteiger partial charge >= 0.3 is 0 Å². The minimum absolute atomic E-state index is 0.257. The van der Waals surface area contributed by atoms with Crippen molar-refractivity contribution in [3.8, 4) is 0 Å². The van der Waals surface area contributed by atoms with E-state index in [2.05, 4.69) is 61.5 Å². The molecule has 1 aliphatic rings. The average molecular weight is 448 g/mol. The Morgan fingerprint density at radius 3 is 2.64 bits per heavy atom. The summed E-state index contributed by atoms with van der Waals surface area (Å²) >= 11 is 0. The van der Waals surface area contributed by atoms with E-state index in [0.29, 0.717) is 17.3 Å². The van der Waals surface area contributed by atoms with Crippen LogP contribution < -0.4 is 5.90 Å². The molecule has 0 unspecified atom stereocenters. The first-order valence-corrected chi connectivity index (χ1v) is 11.3. The molecule has 3 aromatic rings. The SMILES string of the molecule is C=C(/N=C(\ON)c1nn(C)c2c1CCC(C)(C)C2)c1cc(C)c(CCn2cncn2)c(C)c1. The Hall–Kier alpha value is -3.26. The Labute approximate surface area is 195 Å². The number of aliphatic imine (C=N–C) groups is 1. The lowest BCUT2D eigenvalue weighted by Gasteiger charge is -2.29. The number of benzene rings is 1. The fourth-order valence-electron chi connectivity index (χ4n) is 4.71. The van der Waals surface area contributed by atoms with Crippen LogP contribution in [0.15, 0.2) is 36.4 Å². The molecule has 8 nitrogen and oxygen atoms in total. The number of hydrogen-bond donors (Lipinski definition) is 1. The van der Waals surface area contributed by atoms with E-state index in [0.717, 1.165) is 37.8 Å². The van der Waals surface area contributed by atoms with Crippen LogP contribution in [0.25, 0.3) is 5.70 Å². The molecular weight excluding hydrogens is 414 g/mol. The largest absolute Gasteiger partial charge is 0.389 e. The molecule has 0 saturated heterocycles. The zero-order valence-corrected chi connectivity index (χ0v) is 20.2. The maximum atomic E-state index is 5.66. The van der Waals surface area contributed by atoms with Gasteiger partial charge in [0.2, 0.25) is 0 Å². The maximum absolute atomic E-state index is 5.66. The van der Waals surface area contributed by atoms with Gasteiger partial charge in [-0.25, -0.2) is 9.98 Å². The summed E-state index contributed by atoms with van der Waals surface area (Å²) in [6, 6.07) is 4.22. The highest BCUT2D eigenvalue weighted by Gasteiger charge is 2.32. The molecule has 0 spiro atoms. The second kappa shape index (κ2) is 8.94. The van der Waals surface area contributed by atoms with Crippen molar-refractivity contribution in [3.05, 3.63) is 70.6 Å². The molecule has 33 heavy (non-hydrogen) atoms. The molecule has 2 heterocycles. The summed E-state index contributed by atoms with van der Waals surface area (Å²) in [5.74, 6) is 5.97. The van der Waals surface area contributed by atoms with Crippen LogP contribution in [0.1, 0.15) is 59.5 Å². The summed E-state index contributed by atoms with van der Waals surface area (Å²) in [5.41, 5.74) is 8.57. The summed E-state index contributed by atoms with van der Waals surface area (Å²) in [5, 5.41) is 8.89. The first kappa shape index (κ1) is 22.9. The Kier molecular flexibility index (Phi) is 6.21. The average Bonchev–Trinajstić information content (AvgIpc) is 3.38. The van der Waals surface area contributed by atoms with Gasteiger partial charge in [0.05, 0.1) is 5.70 Å². The van der Waals surface area contributed by atoms with Crippen LogP contribution in [0.4, 0.5) is 0 Å². The van der Waals surface area contributed by atoms with Gasteiger partial charge in [0.25, 0.3) is 5.90 Å². The molecule has 8 heteroatoms. The molecule has 2 aromatic heterocycles. The standard InChI is InChI=1S/C25H33N7O/c1-16-11-19(12-17(2)20(16)8-10-32-15-27-14-28-32)18(3)29-24(33-26)23-21-7-9-25(4,5)13-22(21)31(6)30-23/h11-12,14-15H,3,7-10,13,26H2,1-2,4-6H3/b29-24-.